The summed E-state index contributed by atoms with van der Waals surface area (Å²) in [4.78, 5) is 14.9. The highest BCUT2D eigenvalue weighted by atomic mass is 35.5. The Kier molecular flexibility index (Phi) is 2.92. The molecule has 5 heteroatoms. The van der Waals surface area contributed by atoms with Gasteiger partial charge in [-0.15, -0.1) is 0 Å². The van der Waals surface area contributed by atoms with Crippen LogP contribution >= 0.6 is 11.6 Å². The highest BCUT2D eigenvalue weighted by Gasteiger charge is 2.12. The van der Waals surface area contributed by atoms with E-state index in [0.29, 0.717) is 10.7 Å². The summed E-state index contributed by atoms with van der Waals surface area (Å²) in [6.45, 7) is -0.444. The molecule has 0 radical (unpaired) electrons. The fraction of sp³-hybridized carbons (Fsp3) is 0.0909. The zero-order valence-corrected chi connectivity index (χ0v) is 8.94. The first-order valence-electron chi connectivity index (χ1n) is 4.56. The lowest BCUT2D eigenvalue weighted by Gasteiger charge is -2.00. The molecule has 0 saturated heterocycles. The number of rotatable bonds is 3. The molecule has 1 aliphatic carbocycles. The van der Waals surface area contributed by atoms with Crippen molar-refractivity contribution in [2.75, 3.05) is 6.61 Å². The molecular weight excluding hydrogens is 230 g/mol. The van der Waals surface area contributed by atoms with E-state index in [1.807, 2.05) is 18.2 Å². The van der Waals surface area contributed by atoms with Crippen molar-refractivity contribution in [1.82, 2.24) is 0 Å². The summed E-state index contributed by atoms with van der Waals surface area (Å²) in [5.41, 5.74) is 2.44. The van der Waals surface area contributed by atoms with Gasteiger partial charge < -0.3 is 9.94 Å². The van der Waals surface area contributed by atoms with Gasteiger partial charge in [0, 0.05) is 10.6 Å². The van der Waals surface area contributed by atoms with Crippen molar-refractivity contribution in [3.05, 3.63) is 40.4 Å². The van der Waals surface area contributed by atoms with Crippen molar-refractivity contribution in [1.29, 1.82) is 0 Å². The lowest BCUT2D eigenvalue weighted by atomic mass is 10.1. The molecule has 0 fully saturated rings. The lowest BCUT2D eigenvalue weighted by molar-refractivity contribution is -0.142. The maximum absolute atomic E-state index is 10.2. The van der Waals surface area contributed by atoms with Gasteiger partial charge in [0.2, 0.25) is 6.61 Å². The number of benzene rings is 1. The van der Waals surface area contributed by atoms with Crippen LogP contribution in [-0.2, 0) is 9.63 Å². The Morgan fingerprint density at radius 2 is 2.25 bits per heavy atom. The number of allylic oxidation sites excluding steroid dienone is 1. The second-order valence-corrected chi connectivity index (χ2v) is 3.65. The Hall–Kier alpha value is -1.81. The van der Waals surface area contributed by atoms with E-state index >= 15 is 0 Å². The fourth-order valence-electron chi connectivity index (χ4n) is 1.40. The smallest absolute Gasteiger partial charge is 0.344 e. The van der Waals surface area contributed by atoms with E-state index in [2.05, 4.69) is 9.99 Å². The molecule has 0 aromatic heterocycles. The maximum Gasteiger partial charge on any atom is 0.344 e. The molecule has 2 rings (SSSR count). The molecule has 16 heavy (non-hydrogen) atoms. The van der Waals surface area contributed by atoms with Gasteiger partial charge in [-0.1, -0.05) is 28.9 Å². The summed E-state index contributed by atoms with van der Waals surface area (Å²) in [5.74, 6) is -1.05. The Labute approximate surface area is 96.8 Å². The van der Waals surface area contributed by atoms with Gasteiger partial charge in [-0.05, 0) is 23.8 Å². The summed E-state index contributed by atoms with van der Waals surface area (Å²) in [5, 5.41) is 12.8. The summed E-state index contributed by atoms with van der Waals surface area (Å²) >= 11 is 5.83. The largest absolute Gasteiger partial charge is 0.479 e. The highest BCUT2D eigenvalue weighted by Crippen LogP contribution is 2.23. The van der Waals surface area contributed by atoms with Crippen LogP contribution in [0, 0.1) is 0 Å². The quantitative estimate of drug-likeness (QED) is 0.820. The SMILES string of the molecule is O=C(O)CO/N=C1\C=Cc2cc(Cl)ccc21. The van der Waals surface area contributed by atoms with Crippen molar-refractivity contribution in [2.24, 2.45) is 5.16 Å². The number of hydrogen-bond donors (Lipinski definition) is 1. The predicted molar refractivity (Wildman–Crippen MR) is 60.6 cm³/mol. The Morgan fingerprint density at radius 3 is 3.00 bits per heavy atom. The first-order valence-corrected chi connectivity index (χ1v) is 4.94. The molecule has 0 unspecified atom stereocenters. The fourth-order valence-corrected chi connectivity index (χ4v) is 1.58. The minimum atomic E-state index is -1.05. The molecule has 0 aliphatic heterocycles. The van der Waals surface area contributed by atoms with Crippen molar-refractivity contribution in [3.8, 4) is 0 Å². The molecule has 0 spiro atoms. The van der Waals surface area contributed by atoms with E-state index in [0.717, 1.165) is 11.1 Å². The number of carbonyl (C=O) groups is 1. The number of hydrogen-bond acceptors (Lipinski definition) is 3. The normalized spacial score (nSPS) is 15.2. The molecule has 4 nitrogen and oxygen atoms in total. The zero-order valence-electron chi connectivity index (χ0n) is 8.18. The van der Waals surface area contributed by atoms with Crippen LogP contribution in [0.3, 0.4) is 0 Å². The van der Waals surface area contributed by atoms with Gasteiger partial charge in [-0.2, -0.15) is 0 Å². The lowest BCUT2D eigenvalue weighted by Crippen LogP contribution is -2.05. The number of halogens is 1. The average molecular weight is 238 g/mol. The van der Waals surface area contributed by atoms with E-state index in [9.17, 15) is 4.79 Å². The van der Waals surface area contributed by atoms with Crippen LogP contribution in [0.25, 0.3) is 6.08 Å². The molecule has 0 heterocycles. The number of carboxylic acid groups (broad SMARTS) is 1. The van der Waals surface area contributed by atoms with Crippen LogP contribution in [0.15, 0.2) is 29.4 Å². The standard InChI is InChI=1S/C11H8ClNO3/c12-8-2-3-9-7(5-8)1-4-10(9)13-16-6-11(14)15/h1-5H,6H2,(H,14,15)/b13-10+. The Morgan fingerprint density at radius 1 is 1.44 bits per heavy atom. The highest BCUT2D eigenvalue weighted by molar-refractivity contribution is 6.31. The third-order valence-corrected chi connectivity index (χ3v) is 2.30. The van der Waals surface area contributed by atoms with E-state index in [1.54, 1.807) is 12.1 Å². The molecule has 1 aromatic carbocycles. The number of aliphatic carboxylic acids is 1. The van der Waals surface area contributed by atoms with Crippen molar-refractivity contribution < 1.29 is 14.7 Å². The summed E-state index contributed by atoms with van der Waals surface area (Å²) in [6.07, 6.45) is 3.60. The third kappa shape index (κ3) is 2.23. The first kappa shape index (κ1) is 10.7. The van der Waals surface area contributed by atoms with Crippen LogP contribution in [-0.4, -0.2) is 23.4 Å². The second kappa shape index (κ2) is 4.37. The molecule has 0 atom stereocenters. The second-order valence-electron chi connectivity index (χ2n) is 3.21. The minimum Gasteiger partial charge on any atom is -0.479 e. The molecule has 1 aliphatic rings. The van der Waals surface area contributed by atoms with Gasteiger partial charge in [0.25, 0.3) is 0 Å². The predicted octanol–water partition coefficient (Wildman–Crippen LogP) is 2.17. The summed E-state index contributed by atoms with van der Waals surface area (Å²) in [7, 11) is 0. The molecule has 82 valence electrons. The van der Waals surface area contributed by atoms with Crippen LogP contribution < -0.4 is 0 Å². The first-order chi connectivity index (χ1) is 7.66. The van der Waals surface area contributed by atoms with E-state index in [-0.39, 0.29) is 0 Å². The molecule has 0 saturated carbocycles. The van der Waals surface area contributed by atoms with Crippen LogP contribution in [0.5, 0.6) is 0 Å². The van der Waals surface area contributed by atoms with Crippen molar-refractivity contribution >= 4 is 29.4 Å². The van der Waals surface area contributed by atoms with Crippen LogP contribution in [0.4, 0.5) is 0 Å². The number of fused-ring (bicyclic) bond motifs is 1. The number of oxime groups is 1. The van der Waals surface area contributed by atoms with Crippen molar-refractivity contribution in [2.45, 2.75) is 0 Å². The molecule has 0 bridgehead atoms. The molecule has 1 N–H and O–H groups in total. The van der Waals surface area contributed by atoms with Gasteiger partial charge in [0.15, 0.2) is 0 Å². The average Bonchev–Trinajstić information content (AvgIpc) is 2.60. The molecular formula is C11H8ClNO3. The van der Waals surface area contributed by atoms with E-state index in [1.165, 1.54) is 0 Å². The molecule has 0 amide bonds. The number of carboxylic acids is 1. The Bertz CT molecular complexity index is 494. The van der Waals surface area contributed by atoms with Crippen molar-refractivity contribution in [3.63, 3.8) is 0 Å². The van der Waals surface area contributed by atoms with Gasteiger partial charge >= 0.3 is 5.97 Å². The van der Waals surface area contributed by atoms with E-state index < -0.39 is 12.6 Å². The van der Waals surface area contributed by atoms with Gasteiger partial charge in [0.05, 0.1) is 0 Å². The van der Waals surface area contributed by atoms with Gasteiger partial charge in [0.1, 0.15) is 5.71 Å². The summed E-state index contributed by atoms with van der Waals surface area (Å²) < 4.78 is 0. The zero-order chi connectivity index (χ0) is 11.5. The van der Waals surface area contributed by atoms with Gasteiger partial charge in [-0.25, -0.2) is 4.79 Å². The molecule has 1 aromatic rings. The third-order valence-electron chi connectivity index (χ3n) is 2.06. The summed E-state index contributed by atoms with van der Waals surface area (Å²) in [6, 6.07) is 5.38. The van der Waals surface area contributed by atoms with Gasteiger partial charge in [-0.3, -0.25) is 0 Å². The monoisotopic (exact) mass is 237 g/mol. The van der Waals surface area contributed by atoms with E-state index in [4.69, 9.17) is 16.7 Å². The Balaban J connectivity index is 2.17. The number of nitrogens with zero attached hydrogens (tertiary/aromatic N) is 1. The topological polar surface area (TPSA) is 58.9 Å². The van der Waals surface area contributed by atoms with Crippen LogP contribution in [0.2, 0.25) is 5.02 Å². The minimum absolute atomic E-state index is 0.444. The maximum atomic E-state index is 10.2. The van der Waals surface area contributed by atoms with Crippen LogP contribution in [0.1, 0.15) is 11.1 Å².